The summed E-state index contributed by atoms with van der Waals surface area (Å²) in [4.78, 5) is 44.7. The third-order valence-corrected chi connectivity index (χ3v) is 6.25. The molecule has 1 N–H and O–H groups in total. The van der Waals surface area contributed by atoms with E-state index < -0.39 is 23.7 Å². The molecule has 1 fully saturated rings. The van der Waals surface area contributed by atoms with Gasteiger partial charge in [0.25, 0.3) is 11.7 Å². The third kappa shape index (κ3) is 5.02. The van der Waals surface area contributed by atoms with Crippen LogP contribution in [-0.2, 0) is 14.3 Å². The van der Waals surface area contributed by atoms with Crippen LogP contribution >= 0.6 is 0 Å². The first kappa shape index (κ1) is 26.6. The van der Waals surface area contributed by atoms with Crippen molar-refractivity contribution >= 4 is 29.1 Å². The summed E-state index contributed by atoms with van der Waals surface area (Å²) in [5, 5.41) is 11.5. The number of ketones is 1. The lowest BCUT2D eigenvalue weighted by molar-refractivity contribution is -0.132. The molecule has 38 heavy (non-hydrogen) atoms. The van der Waals surface area contributed by atoms with Crippen LogP contribution in [0.5, 0.6) is 5.75 Å². The molecule has 1 saturated heterocycles. The van der Waals surface area contributed by atoms with E-state index in [1.54, 1.807) is 54.9 Å². The highest BCUT2D eigenvalue weighted by molar-refractivity contribution is 6.51. The van der Waals surface area contributed by atoms with E-state index in [-0.39, 0.29) is 23.9 Å². The Labute approximate surface area is 221 Å². The minimum absolute atomic E-state index is 0.0771. The van der Waals surface area contributed by atoms with Crippen LogP contribution in [0, 0.1) is 19.8 Å². The maximum absolute atomic E-state index is 13.4. The zero-order chi connectivity index (χ0) is 27.6. The van der Waals surface area contributed by atoms with Crippen molar-refractivity contribution in [3.8, 4) is 5.75 Å². The summed E-state index contributed by atoms with van der Waals surface area (Å²) in [5.74, 6) is -1.85. The lowest BCUT2D eigenvalue weighted by Crippen LogP contribution is -2.29. The third-order valence-electron chi connectivity index (χ3n) is 6.25. The zero-order valence-electron chi connectivity index (χ0n) is 22.0. The van der Waals surface area contributed by atoms with Crippen LogP contribution in [-0.4, -0.2) is 41.5 Å². The van der Waals surface area contributed by atoms with Gasteiger partial charge in [0.2, 0.25) is 0 Å². The summed E-state index contributed by atoms with van der Waals surface area (Å²) >= 11 is 0. The van der Waals surface area contributed by atoms with Gasteiger partial charge in [-0.05, 0) is 72.9 Å². The second kappa shape index (κ2) is 10.9. The Morgan fingerprint density at radius 2 is 1.82 bits per heavy atom. The average Bonchev–Trinajstić information content (AvgIpc) is 3.17. The maximum Gasteiger partial charge on any atom is 0.338 e. The van der Waals surface area contributed by atoms with E-state index in [9.17, 15) is 19.5 Å². The summed E-state index contributed by atoms with van der Waals surface area (Å²) < 4.78 is 10.8. The molecule has 4 rings (SSSR count). The number of anilines is 1. The van der Waals surface area contributed by atoms with Crippen LogP contribution in [0.4, 0.5) is 5.69 Å². The predicted octanol–water partition coefficient (Wildman–Crippen LogP) is 5.15. The number of carbonyl (C=O) groups excluding carboxylic acids is 3. The first-order chi connectivity index (χ1) is 18.1. The summed E-state index contributed by atoms with van der Waals surface area (Å²) in [6, 6.07) is 12.4. The minimum atomic E-state index is -0.951. The second-order valence-electron chi connectivity index (χ2n) is 9.66. The SMILES string of the molecule is COc1c(C)cc(C)cc1/C(O)=C1\C(=O)C(=O)N(c2ccc(C(=O)OCC(C)C)cc2)C1c1cccnc1. The molecule has 1 aliphatic rings. The fourth-order valence-electron chi connectivity index (χ4n) is 4.58. The Bertz CT molecular complexity index is 1410. The molecule has 0 aliphatic carbocycles. The molecule has 3 aromatic rings. The van der Waals surface area contributed by atoms with E-state index in [0.29, 0.717) is 28.1 Å². The molecule has 0 radical (unpaired) electrons. The molecule has 0 saturated carbocycles. The number of ether oxygens (including phenoxy) is 2. The van der Waals surface area contributed by atoms with Gasteiger partial charge in [-0.25, -0.2) is 4.79 Å². The van der Waals surface area contributed by atoms with Crippen LogP contribution in [0.25, 0.3) is 5.76 Å². The number of pyridine rings is 1. The largest absolute Gasteiger partial charge is 0.507 e. The molecule has 1 aromatic heterocycles. The van der Waals surface area contributed by atoms with Crippen molar-refractivity contribution in [2.45, 2.75) is 33.7 Å². The molecule has 8 heteroatoms. The fourth-order valence-corrected chi connectivity index (χ4v) is 4.58. The van der Waals surface area contributed by atoms with E-state index >= 15 is 0 Å². The number of hydrogen-bond acceptors (Lipinski definition) is 7. The van der Waals surface area contributed by atoms with Crippen LogP contribution < -0.4 is 9.64 Å². The Morgan fingerprint density at radius 1 is 1.11 bits per heavy atom. The number of rotatable bonds is 7. The maximum atomic E-state index is 13.4. The highest BCUT2D eigenvalue weighted by Crippen LogP contribution is 2.43. The number of carbonyl (C=O) groups is 3. The normalized spacial score (nSPS) is 16.7. The predicted molar refractivity (Wildman–Crippen MR) is 143 cm³/mol. The molecule has 1 unspecified atom stereocenters. The number of Topliss-reactive ketones (excluding diaryl/α,β-unsaturated/α-hetero) is 1. The quantitative estimate of drug-likeness (QED) is 0.201. The molecule has 1 aliphatic heterocycles. The molecule has 196 valence electrons. The lowest BCUT2D eigenvalue weighted by atomic mass is 9.94. The van der Waals surface area contributed by atoms with E-state index in [1.807, 2.05) is 33.8 Å². The van der Waals surface area contributed by atoms with Crippen molar-refractivity contribution in [1.29, 1.82) is 0 Å². The monoisotopic (exact) mass is 514 g/mol. The molecule has 2 aromatic carbocycles. The van der Waals surface area contributed by atoms with Gasteiger partial charge in [0.1, 0.15) is 11.5 Å². The number of nitrogens with zero attached hydrogens (tertiary/aromatic N) is 2. The highest BCUT2D eigenvalue weighted by atomic mass is 16.5. The van der Waals surface area contributed by atoms with E-state index in [0.717, 1.165) is 11.1 Å². The summed E-state index contributed by atoms with van der Waals surface area (Å²) in [7, 11) is 1.49. The minimum Gasteiger partial charge on any atom is -0.507 e. The molecule has 1 amide bonds. The van der Waals surface area contributed by atoms with E-state index in [1.165, 1.54) is 12.0 Å². The lowest BCUT2D eigenvalue weighted by Gasteiger charge is -2.25. The van der Waals surface area contributed by atoms with Gasteiger partial charge in [-0.3, -0.25) is 19.5 Å². The standard InChI is InChI=1S/C30H30N2O6/c1-17(2)16-38-30(36)20-8-10-22(11-9-20)32-25(21-7-6-12-31-15-21)24(27(34)29(32)35)26(33)23-14-18(3)13-19(4)28(23)37-5/h6-15,17,25,33H,16H2,1-5H3/b26-24+. The van der Waals surface area contributed by atoms with Crippen LogP contribution in [0.3, 0.4) is 0 Å². The van der Waals surface area contributed by atoms with Gasteiger partial charge in [-0.15, -0.1) is 0 Å². The molecule has 8 nitrogen and oxygen atoms in total. The number of aryl methyl sites for hydroxylation is 2. The number of aliphatic hydroxyl groups excluding tert-OH is 1. The second-order valence-corrected chi connectivity index (χ2v) is 9.66. The number of esters is 1. The molecule has 1 atom stereocenters. The summed E-state index contributed by atoms with van der Waals surface area (Å²) in [6.45, 7) is 7.89. The number of amides is 1. The van der Waals surface area contributed by atoms with E-state index in [4.69, 9.17) is 9.47 Å². The fraction of sp³-hybridized carbons (Fsp3) is 0.267. The highest BCUT2D eigenvalue weighted by Gasteiger charge is 2.47. The topological polar surface area (TPSA) is 106 Å². The summed E-state index contributed by atoms with van der Waals surface area (Å²) in [6.07, 6.45) is 3.13. The first-order valence-electron chi connectivity index (χ1n) is 12.3. The van der Waals surface area contributed by atoms with Crippen molar-refractivity contribution in [3.05, 3.63) is 94.3 Å². The van der Waals surface area contributed by atoms with Crippen molar-refractivity contribution in [2.24, 2.45) is 5.92 Å². The Hall–Kier alpha value is -4.46. The van der Waals surface area contributed by atoms with Gasteiger partial charge in [0.15, 0.2) is 0 Å². The zero-order valence-corrected chi connectivity index (χ0v) is 22.0. The molecule has 2 heterocycles. The van der Waals surface area contributed by atoms with Crippen molar-refractivity contribution in [1.82, 2.24) is 4.98 Å². The molecular formula is C30H30N2O6. The Balaban J connectivity index is 1.84. The van der Waals surface area contributed by atoms with Crippen LogP contribution in [0.15, 0.2) is 66.5 Å². The van der Waals surface area contributed by atoms with Gasteiger partial charge in [0, 0.05) is 18.1 Å². The first-order valence-corrected chi connectivity index (χ1v) is 12.3. The van der Waals surface area contributed by atoms with Gasteiger partial charge >= 0.3 is 5.97 Å². The molecule has 0 bridgehead atoms. The number of hydrogen-bond donors (Lipinski definition) is 1. The van der Waals surface area contributed by atoms with Crippen LogP contribution in [0.1, 0.15) is 52.5 Å². The number of aromatic nitrogens is 1. The molecular weight excluding hydrogens is 484 g/mol. The van der Waals surface area contributed by atoms with Crippen molar-refractivity contribution in [2.75, 3.05) is 18.6 Å². The number of aliphatic hydroxyl groups is 1. The Kier molecular flexibility index (Phi) is 7.62. The Morgan fingerprint density at radius 3 is 2.42 bits per heavy atom. The van der Waals surface area contributed by atoms with Crippen molar-refractivity contribution in [3.63, 3.8) is 0 Å². The van der Waals surface area contributed by atoms with Gasteiger partial charge < -0.3 is 14.6 Å². The van der Waals surface area contributed by atoms with Gasteiger partial charge in [-0.2, -0.15) is 0 Å². The molecule has 0 spiro atoms. The number of methoxy groups -OCH3 is 1. The van der Waals surface area contributed by atoms with Gasteiger partial charge in [0.05, 0.1) is 36.5 Å². The summed E-state index contributed by atoms with van der Waals surface area (Å²) in [5.41, 5.74) is 3.12. The van der Waals surface area contributed by atoms with Crippen LogP contribution in [0.2, 0.25) is 0 Å². The van der Waals surface area contributed by atoms with Gasteiger partial charge in [-0.1, -0.05) is 26.0 Å². The average molecular weight is 515 g/mol. The number of benzene rings is 2. The van der Waals surface area contributed by atoms with Crippen molar-refractivity contribution < 1.29 is 29.0 Å². The van der Waals surface area contributed by atoms with E-state index in [2.05, 4.69) is 4.98 Å². The smallest absolute Gasteiger partial charge is 0.338 e.